The molecule has 0 heterocycles. The smallest absolute Gasteiger partial charge is 0.335 e. The van der Waals surface area contributed by atoms with Crippen LogP contribution in [0, 0.1) is 11.3 Å². The maximum Gasteiger partial charge on any atom is 0.335 e. The quantitative estimate of drug-likeness (QED) is 0.370. The molecule has 0 aliphatic rings. The molecule has 0 radical (unpaired) electrons. The molecule has 2 rings (SSSR count). The van der Waals surface area contributed by atoms with Crippen LogP contribution in [0.15, 0.2) is 54.2 Å². The summed E-state index contributed by atoms with van der Waals surface area (Å²) in [6.45, 7) is 0. The van der Waals surface area contributed by atoms with Crippen molar-refractivity contribution in [3.8, 4) is 6.07 Å². The molecule has 5 N–H and O–H groups in total. The molecule has 0 bridgehead atoms. The van der Waals surface area contributed by atoms with E-state index in [1.54, 1.807) is 24.3 Å². The summed E-state index contributed by atoms with van der Waals surface area (Å²) in [5.74, 6) is -1.80. The summed E-state index contributed by atoms with van der Waals surface area (Å²) in [4.78, 5) is 23.1. The minimum absolute atomic E-state index is 0.0231. The highest BCUT2D eigenvalue weighted by molar-refractivity contribution is 6.33. The highest BCUT2D eigenvalue weighted by Gasteiger charge is 2.11. The molecular formula is C17H13ClN4O3. The fourth-order valence-corrected chi connectivity index (χ4v) is 2.03. The fourth-order valence-electron chi connectivity index (χ4n) is 1.85. The Kier molecular flexibility index (Phi) is 5.61. The van der Waals surface area contributed by atoms with Gasteiger partial charge >= 0.3 is 5.97 Å². The lowest BCUT2D eigenvalue weighted by Gasteiger charge is -2.07. The second kappa shape index (κ2) is 7.86. The highest BCUT2D eigenvalue weighted by Crippen LogP contribution is 2.22. The number of carboxylic acid groups (broad SMARTS) is 1. The number of nitriles is 1. The number of anilines is 3. The minimum atomic E-state index is -1.12. The molecule has 7 nitrogen and oxygen atoms in total. The van der Waals surface area contributed by atoms with Crippen molar-refractivity contribution in [3.05, 3.63) is 64.8 Å². The Morgan fingerprint density at radius 1 is 1.20 bits per heavy atom. The molecule has 126 valence electrons. The number of nitrogen functional groups attached to an aromatic ring is 1. The van der Waals surface area contributed by atoms with Gasteiger partial charge in [-0.2, -0.15) is 5.26 Å². The number of hydrogen-bond donors (Lipinski definition) is 4. The van der Waals surface area contributed by atoms with Crippen molar-refractivity contribution in [1.29, 1.82) is 5.26 Å². The molecule has 2 aromatic rings. The van der Waals surface area contributed by atoms with Crippen molar-refractivity contribution in [2.75, 3.05) is 16.4 Å². The summed E-state index contributed by atoms with van der Waals surface area (Å²) < 4.78 is 0. The zero-order valence-electron chi connectivity index (χ0n) is 12.8. The number of amides is 1. The normalized spacial score (nSPS) is 10.6. The van der Waals surface area contributed by atoms with Gasteiger partial charge in [-0.05, 0) is 36.4 Å². The largest absolute Gasteiger partial charge is 0.478 e. The van der Waals surface area contributed by atoms with Crippen molar-refractivity contribution in [2.24, 2.45) is 0 Å². The standard InChI is InChI=1S/C17H13ClN4O3/c18-14-7-12(4-5-15(14)20)21-9-11(8-19)16(23)22-13-3-1-2-10(6-13)17(24)25/h1-7,9,21H,20H2,(H,22,23)(H,24,25)/b11-9-. The second-order valence-electron chi connectivity index (χ2n) is 4.89. The van der Waals surface area contributed by atoms with Gasteiger partial charge in [0.2, 0.25) is 0 Å². The fraction of sp³-hybridized carbons (Fsp3) is 0. The summed E-state index contributed by atoms with van der Waals surface area (Å²) in [6, 6.07) is 12.2. The number of benzene rings is 2. The van der Waals surface area contributed by atoms with E-state index in [0.717, 1.165) is 0 Å². The predicted molar refractivity (Wildman–Crippen MR) is 95.2 cm³/mol. The van der Waals surface area contributed by atoms with Gasteiger partial charge in [-0.3, -0.25) is 4.79 Å². The minimum Gasteiger partial charge on any atom is -0.478 e. The third-order valence-corrected chi connectivity index (χ3v) is 3.44. The Hall–Kier alpha value is -3.50. The molecule has 0 saturated carbocycles. The number of nitrogens with two attached hydrogens (primary N) is 1. The van der Waals surface area contributed by atoms with Crippen LogP contribution in [0.5, 0.6) is 0 Å². The molecule has 0 saturated heterocycles. The lowest BCUT2D eigenvalue weighted by molar-refractivity contribution is -0.112. The van der Waals surface area contributed by atoms with Crippen molar-refractivity contribution in [1.82, 2.24) is 0 Å². The number of hydrogen-bond acceptors (Lipinski definition) is 5. The lowest BCUT2D eigenvalue weighted by atomic mass is 10.2. The van der Waals surface area contributed by atoms with Gasteiger partial charge in [0.05, 0.1) is 16.3 Å². The van der Waals surface area contributed by atoms with E-state index in [1.807, 2.05) is 0 Å². The first-order chi connectivity index (χ1) is 11.9. The summed E-state index contributed by atoms with van der Waals surface area (Å²) in [6.07, 6.45) is 1.22. The maximum atomic E-state index is 12.1. The SMILES string of the molecule is N#C/C(=C/Nc1ccc(N)c(Cl)c1)C(=O)Nc1cccc(C(=O)O)c1. The Bertz CT molecular complexity index is 903. The number of nitrogens with one attached hydrogen (secondary N) is 2. The summed E-state index contributed by atoms with van der Waals surface area (Å²) >= 11 is 5.90. The van der Waals surface area contributed by atoms with Crippen LogP contribution in [0.3, 0.4) is 0 Å². The van der Waals surface area contributed by atoms with Crippen LogP contribution >= 0.6 is 11.6 Å². The van der Waals surface area contributed by atoms with E-state index in [2.05, 4.69) is 10.6 Å². The third-order valence-electron chi connectivity index (χ3n) is 3.12. The van der Waals surface area contributed by atoms with Gasteiger partial charge in [-0.1, -0.05) is 17.7 Å². The topological polar surface area (TPSA) is 128 Å². The molecule has 0 atom stereocenters. The number of aromatic carboxylic acids is 1. The number of halogens is 1. The Labute approximate surface area is 148 Å². The van der Waals surface area contributed by atoms with Gasteiger partial charge in [0.25, 0.3) is 5.91 Å². The molecule has 0 aliphatic carbocycles. The Balaban J connectivity index is 2.12. The van der Waals surface area contributed by atoms with Crippen LogP contribution in [0.1, 0.15) is 10.4 Å². The van der Waals surface area contributed by atoms with E-state index in [-0.39, 0.29) is 16.8 Å². The van der Waals surface area contributed by atoms with Crippen LogP contribution in [0.2, 0.25) is 5.02 Å². The molecule has 0 aromatic heterocycles. The van der Waals surface area contributed by atoms with Gasteiger partial charge in [0, 0.05) is 17.6 Å². The first kappa shape index (κ1) is 17.8. The van der Waals surface area contributed by atoms with Gasteiger partial charge in [0.15, 0.2) is 0 Å². The number of nitrogens with zero attached hydrogens (tertiary/aromatic N) is 1. The van der Waals surface area contributed by atoms with Crippen molar-refractivity contribution < 1.29 is 14.7 Å². The van der Waals surface area contributed by atoms with Crippen molar-refractivity contribution in [2.45, 2.75) is 0 Å². The van der Waals surface area contributed by atoms with Gasteiger partial charge in [-0.15, -0.1) is 0 Å². The van der Waals surface area contributed by atoms with E-state index in [4.69, 9.17) is 27.7 Å². The Morgan fingerprint density at radius 2 is 1.96 bits per heavy atom. The average molecular weight is 357 g/mol. The lowest BCUT2D eigenvalue weighted by Crippen LogP contribution is -2.15. The monoisotopic (exact) mass is 356 g/mol. The van der Waals surface area contributed by atoms with E-state index < -0.39 is 11.9 Å². The zero-order chi connectivity index (χ0) is 18.4. The molecule has 8 heteroatoms. The summed E-state index contributed by atoms with van der Waals surface area (Å²) in [5.41, 5.74) is 6.65. The number of rotatable bonds is 5. The van der Waals surface area contributed by atoms with Crippen LogP contribution in [0.4, 0.5) is 17.1 Å². The summed E-state index contributed by atoms with van der Waals surface area (Å²) in [7, 11) is 0. The molecule has 0 spiro atoms. The van der Waals surface area contributed by atoms with Crippen LogP contribution in [-0.2, 0) is 4.79 Å². The number of carbonyl (C=O) groups excluding carboxylic acids is 1. The van der Waals surface area contributed by atoms with E-state index in [0.29, 0.717) is 16.4 Å². The first-order valence-electron chi connectivity index (χ1n) is 6.97. The van der Waals surface area contributed by atoms with E-state index >= 15 is 0 Å². The number of carbonyl (C=O) groups is 2. The average Bonchev–Trinajstić information content (AvgIpc) is 2.58. The van der Waals surface area contributed by atoms with E-state index in [9.17, 15) is 9.59 Å². The van der Waals surface area contributed by atoms with Gasteiger partial charge in [-0.25, -0.2) is 4.79 Å². The van der Waals surface area contributed by atoms with Gasteiger partial charge in [0.1, 0.15) is 11.6 Å². The summed E-state index contributed by atoms with van der Waals surface area (Å²) in [5, 5.41) is 23.7. The predicted octanol–water partition coefficient (Wildman–Crippen LogP) is 3.08. The first-order valence-corrected chi connectivity index (χ1v) is 7.35. The molecular weight excluding hydrogens is 344 g/mol. The maximum absolute atomic E-state index is 12.1. The molecule has 0 fully saturated rings. The van der Waals surface area contributed by atoms with Crippen LogP contribution in [-0.4, -0.2) is 17.0 Å². The molecule has 25 heavy (non-hydrogen) atoms. The molecule has 2 aromatic carbocycles. The molecule has 1 amide bonds. The van der Waals surface area contributed by atoms with Gasteiger partial charge < -0.3 is 21.5 Å². The van der Waals surface area contributed by atoms with Crippen molar-refractivity contribution >= 4 is 40.5 Å². The highest BCUT2D eigenvalue weighted by atomic mass is 35.5. The van der Waals surface area contributed by atoms with Crippen LogP contribution < -0.4 is 16.4 Å². The third kappa shape index (κ3) is 4.73. The van der Waals surface area contributed by atoms with Crippen LogP contribution in [0.25, 0.3) is 0 Å². The van der Waals surface area contributed by atoms with E-state index in [1.165, 1.54) is 30.5 Å². The number of carboxylic acids is 1. The van der Waals surface area contributed by atoms with Crippen molar-refractivity contribution in [3.63, 3.8) is 0 Å². The Morgan fingerprint density at radius 3 is 2.60 bits per heavy atom. The second-order valence-corrected chi connectivity index (χ2v) is 5.30. The molecule has 0 unspecified atom stereocenters. The molecule has 0 aliphatic heterocycles. The zero-order valence-corrected chi connectivity index (χ0v) is 13.5.